The van der Waals surface area contributed by atoms with Crippen molar-refractivity contribution < 1.29 is 18.0 Å². The van der Waals surface area contributed by atoms with Gasteiger partial charge in [-0.15, -0.1) is 0 Å². The number of halogens is 3. The van der Waals surface area contributed by atoms with Crippen LogP contribution in [0.4, 0.5) is 8.78 Å². The Balaban J connectivity index is 3.18. The Hall–Kier alpha value is -1.43. The first-order chi connectivity index (χ1) is 7.95. The van der Waals surface area contributed by atoms with Gasteiger partial charge in [-0.1, -0.05) is 0 Å². The summed E-state index contributed by atoms with van der Waals surface area (Å²) in [6.45, 7) is 0.479. The Morgan fingerprint density at radius 2 is 2.35 bits per heavy atom. The molecule has 94 valence electrons. The molecule has 0 aromatic carbocycles. The Morgan fingerprint density at radius 1 is 1.71 bits per heavy atom. The van der Waals surface area contributed by atoms with Crippen LogP contribution in [-0.2, 0) is 0 Å². The van der Waals surface area contributed by atoms with Crippen LogP contribution in [0.15, 0.2) is 10.5 Å². The molecule has 4 nitrogen and oxygen atoms in total. The summed E-state index contributed by atoms with van der Waals surface area (Å²) >= 11 is 5.49. The van der Waals surface area contributed by atoms with Crippen molar-refractivity contribution in [3.05, 3.63) is 22.9 Å². The van der Waals surface area contributed by atoms with E-state index < -0.39 is 18.8 Å². The number of nitrogens with two attached hydrogens (primary N) is 1. The lowest BCUT2D eigenvalue weighted by molar-refractivity contribution is 0.0995. The Morgan fingerprint density at radius 3 is 2.82 bits per heavy atom. The zero-order chi connectivity index (χ0) is 13.0. The largest absolute Gasteiger partial charge is 0.427 e. The fraction of sp³-hybridized carbons (Fsp3) is 0.400. The van der Waals surface area contributed by atoms with Crippen molar-refractivity contribution in [3.8, 4) is 0 Å². The molecule has 0 radical (unpaired) electrons. The molecule has 1 aromatic heterocycles. The first-order valence-corrected chi connectivity index (χ1v) is 5.19. The molecular formula is C10H11ClF2N2O2. The lowest BCUT2D eigenvalue weighted by atomic mass is 10.1. The van der Waals surface area contributed by atoms with Crippen LogP contribution >= 0.6 is 11.6 Å². The van der Waals surface area contributed by atoms with Crippen molar-refractivity contribution in [2.45, 2.75) is 19.5 Å². The van der Waals surface area contributed by atoms with Crippen LogP contribution in [0.3, 0.4) is 0 Å². The lowest BCUT2D eigenvalue weighted by Crippen LogP contribution is -2.14. The van der Waals surface area contributed by atoms with Crippen molar-refractivity contribution in [2.75, 3.05) is 6.67 Å². The molecule has 1 atom stereocenters. The third kappa shape index (κ3) is 3.52. The van der Waals surface area contributed by atoms with Crippen molar-refractivity contribution in [2.24, 2.45) is 5.73 Å². The molecule has 0 fully saturated rings. The summed E-state index contributed by atoms with van der Waals surface area (Å²) in [6, 6.07) is 0. The minimum Gasteiger partial charge on any atom is -0.427 e. The number of aromatic nitrogens is 1. The maximum absolute atomic E-state index is 12.9. The highest BCUT2D eigenvalue weighted by molar-refractivity contribution is 6.28. The number of nitrogens with zero attached hydrogens (tertiary/aromatic N) is 1. The summed E-state index contributed by atoms with van der Waals surface area (Å²) in [6.07, 6.45) is -0.243. The molecule has 0 aliphatic heterocycles. The molecule has 1 unspecified atom stereocenters. The number of carbonyl (C=O) groups is 1. The van der Waals surface area contributed by atoms with Gasteiger partial charge >= 0.3 is 0 Å². The molecule has 0 bridgehead atoms. The quantitative estimate of drug-likeness (QED) is 0.888. The topological polar surface area (TPSA) is 69.1 Å². The molecule has 2 N–H and O–H groups in total. The second-order valence-corrected chi connectivity index (χ2v) is 3.70. The van der Waals surface area contributed by atoms with Gasteiger partial charge < -0.3 is 10.2 Å². The molecule has 1 heterocycles. The standard InChI is InChI=1S/C10H11ClF2N2O2/c1-5(13)4-6(2-3-12)8-7(9(14)16)15-10(11)17-8/h2,5H,3-4H2,1H3,(H2,14,16)/b6-2+. The molecule has 0 aliphatic rings. The van der Waals surface area contributed by atoms with E-state index >= 15 is 0 Å². The van der Waals surface area contributed by atoms with E-state index in [1.54, 1.807) is 0 Å². The maximum atomic E-state index is 12.9. The zero-order valence-electron chi connectivity index (χ0n) is 9.04. The normalized spacial score (nSPS) is 13.8. The third-order valence-corrected chi connectivity index (χ3v) is 2.11. The summed E-state index contributed by atoms with van der Waals surface area (Å²) < 4.78 is 30.2. The van der Waals surface area contributed by atoms with Crippen molar-refractivity contribution in [1.82, 2.24) is 4.98 Å². The predicted octanol–water partition coefficient (Wildman–Crippen LogP) is 2.53. The van der Waals surface area contributed by atoms with Gasteiger partial charge in [0.2, 0.25) is 0 Å². The smallest absolute Gasteiger partial charge is 0.293 e. The van der Waals surface area contributed by atoms with Crippen molar-refractivity contribution in [1.29, 1.82) is 0 Å². The molecule has 1 amide bonds. The number of hydrogen-bond acceptors (Lipinski definition) is 3. The molecule has 7 heteroatoms. The minimum atomic E-state index is -1.22. The fourth-order valence-electron chi connectivity index (χ4n) is 1.34. The van der Waals surface area contributed by atoms with E-state index in [0.717, 1.165) is 6.08 Å². The number of oxazole rings is 1. The van der Waals surface area contributed by atoms with E-state index in [9.17, 15) is 13.6 Å². The Bertz CT molecular complexity index is 444. The monoisotopic (exact) mass is 264 g/mol. The molecule has 0 spiro atoms. The van der Waals surface area contributed by atoms with Gasteiger partial charge in [0.05, 0.1) is 0 Å². The Labute approximate surface area is 101 Å². The Kier molecular flexibility index (Phi) is 4.62. The first kappa shape index (κ1) is 13.6. The number of rotatable bonds is 5. The molecule has 17 heavy (non-hydrogen) atoms. The van der Waals surface area contributed by atoms with E-state index in [1.807, 2.05) is 0 Å². The van der Waals surface area contributed by atoms with Crippen LogP contribution in [-0.4, -0.2) is 23.7 Å². The number of allylic oxidation sites excluding steroid dienone is 2. The van der Waals surface area contributed by atoms with E-state index in [-0.39, 0.29) is 28.8 Å². The third-order valence-electron chi connectivity index (χ3n) is 1.95. The second kappa shape index (κ2) is 5.77. The number of alkyl halides is 2. The van der Waals surface area contributed by atoms with Gasteiger partial charge in [-0.3, -0.25) is 4.79 Å². The van der Waals surface area contributed by atoms with Crippen LogP contribution < -0.4 is 5.73 Å². The lowest BCUT2D eigenvalue weighted by Gasteiger charge is -2.05. The first-order valence-electron chi connectivity index (χ1n) is 4.81. The highest BCUT2D eigenvalue weighted by Crippen LogP contribution is 2.27. The zero-order valence-corrected chi connectivity index (χ0v) is 9.80. The van der Waals surface area contributed by atoms with Gasteiger partial charge in [0.1, 0.15) is 12.8 Å². The van der Waals surface area contributed by atoms with Gasteiger partial charge in [-0.05, 0) is 30.2 Å². The van der Waals surface area contributed by atoms with Crippen LogP contribution in [0.25, 0.3) is 5.57 Å². The summed E-state index contributed by atoms with van der Waals surface area (Å²) in [5.74, 6) is -0.948. The highest BCUT2D eigenvalue weighted by atomic mass is 35.5. The maximum Gasteiger partial charge on any atom is 0.293 e. The average molecular weight is 265 g/mol. The van der Waals surface area contributed by atoms with Gasteiger partial charge in [-0.25, -0.2) is 8.78 Å². The number of primary amides is 1. The summed E-state index contributed by atoms with van der Waals surface area (Å²) in [4.78, 5) is 14.6. The fourth-order valence-corrected chi connectivity index (χ4v) is 1.51. The molecule has 0 aliphatic carbocycles. The number of amides is 1. The van der Waals surface area contributed by atoms with E-state index in [1.165, 1.54) is 6.92 Å². The van der Waals surface area contributed by atoms with Gasteiger partial charge in [0.15, 0.2) is 11.5 Å². The second-order valence-electron chi connectivity index (χ2n) is 3.38. The summed E-state index contributed by atoms with van der Waals surface area (Å²) in [7, 11) is 0. The SMILES string of the molecule is CC(F)C/C(=C\CF)c1oc(Cl)nc1C(N)=O. The summed E-state index contributed by atoms with van der Waals surface area (Å²) in [5.41, 5.74) is 5.01. The molecule has 1 aromatic rings. The van der Waals surface area contributed by atoms with Gasteiger partial charge in [0, 0.05) is 6.42 Å². The van der Waals surface area contributed by atoms with E-state index in [2.05, 4.69) is 4.98 Å². The van der Waals surface area contributed by atoms with Gasteiger partial charge in [-0.2, -0.15) is 4.98 Å². The molecule has 0 saturated heterocycles. The number of hydrogen-bond donors (Lipinski definition) is 1. The minimum absolute atomic E-state index is 0.0790. The highest BCUT2D eigenvalue weighted by Gasteiger charge is 2.21. The van der Waals surface area contributed by atoms with Gasteiger partial charge in [0.25, 0.3) is 11.3 Å². The molecular weight excluding hydrogens is 254 g/mol. The summed E-state index contributed by atoms with van der Waals surface area (Å²) in [5, 5.41) is -0.301. The van der Waals surface area contributed by atoms with Crippen LogP contribution in [0, 0.1) is 0 Å². The van der Waals surface area contributed by atoms with Crippen molar-refractivity contribution >= 4 is 23.1 Å². The van der Waals surface area contributed by atoms with E-state index in [0.29, 0.717) is 0 Å². The van der Waals surface area contributed by atoms with E-state index in [4.69, 9.17) is 21.8 Å². The molecule has 0 saturated carbocycles. The average Bonchev–Trinajstić information content (AvgIpc) is 2.59. The molecule has 1 rings (SSSR count). The van der Waals surface area contributed by atoms with Crippen LogP contribution in [0.1, 0.15) is 29.6 Å². The van der Waals surface area contributed by atoms with Crippen molar-refractivity contribution in [3.63, 3.8) is 0 Å². The van der Waals surface area contributed by atoms with Crippen LogP contribution in [0.2, 0.25) is 5.35 Å². The predicted molar refractivity (Wildman–Crippen MR) is 59.2 cm³/mol. The van der Waals surface area contributed by atoms with Crippen LogP contribution in [0.5, 0.6) is 0 Å². The number of carbonyl (C=O) groups excluding carboxylic acids is 1.